The third-order valence-electron chi connectivity index (χ3n) is 2.37. The molecule has 2 aromatic heterocycles. The van der Waals surface area contributed by atoms with E-state index in [4.69, 9.17) is 0 Å². The van der Waals surface area contributed by atoms with Crippen molar-refractivity contribution >= 4 is 31.6 Å². The Bertz CT molecular complexity index is 613. The monoisotopic (exact) mass is 200 g/mol. The van der Waals surface area contributed by atoms with E-state index in [1.807, 2.05) is 6.92 Å². The van der Waals surface area contributed by atoms with Gasteiger partial charge in [-0.1, -0.05) is 18.2 Å². The minimum absolute atomic E-state index is 1.06. The van der Waals surface area contributed by atoms with Gasteiger partial charge in [0.15, 0.2) is 0 Å². The number of hydrogen-bond donors (Lipinski definition) is 0. The average molecular weight is 200 g/mol. The van der Waals surface area contributed by atoms with Crippen LogP contribution in [0, 0.1) is 6.92 Å². The van der Waals surface area contributed by atoms with Crippen molar-refractivity contribution in [3.8, 4) is 0 Å². The molecule has 0 spiro atoms. The fourth-order valence-electron chi connectivity index (χ4n) is 1.71. The van der Waals surface area contributed by atoms with Gasteiger partial charge in [-0.25, -0.2) is 9.97 Å². The molecule has 3 heteroatoms. The van der Waals surface area contributed by atoms with Crippen LogP contribution in [0.1, 0.15) is 5.69 Å². The average Bonchev–Trinajstić information content (AvgIpc) is 2.57. The summed E-state index contributed by atoms with van der Waals surface area (Å²) in [6, 6.07) is 8.37. The predicted molar refractivity (Wildman–Crippen MR) is 59.7 cm³/mol. The SMILES string of the molecule is Cc1ncnc2sc3ccccc3c12. The number of rotatable bonds is 0. The van der Waals surface area contributed by atoms with Crippen molar-refractivity contribution in [3.63, 3.8) is 0 Å². The maximum atomic E-state index is 4.29. The molecule has 0 atom stereocenters. The predicted octanol–water partition coefficient (Wildman–Crippen LogP) is 3.15. The van der Waals surface area contributed by atoms with Gasteiger partial charge >= 0.3 is 0 Å². The molecule has 0 aliphatic heterocycles. The molecule has 1 aromatic carbocycles. The van der Waals surface area contributed by atoms with Gasteiger partial charge in [0.2, 0.25) is 0 Å². The highest BCUT2D eigenvalue weighted by atomic mass is 32.1. The van der Waals surface area contributed by atoms with E-state index in [1.165, 1.54) is 15.5 Å². The lowest BCUT2D eigenvalue weighted by molar-refractivity contribution is 1.16. The largest absolute Gasteiger partial charge is 0.241 e. The van der Waals surface area contributed by atoms with Gasteiger partial charge in [0.25, 0.3) is 0 Å². The molecule has 0 amide bonds. The maximum Gasteiger partial charge on any atom is 0.128 e. The number of nitrogens with zero attached hydrogens (tertiary/aromatic N) is 2. The summed E-state index contributed by atoms with van der Waals surface area (Å²) in [5, 5.41) is 2.47. The first-order valence-corrected chi connectivity index (χ1v) is 5.27. The molecule has 0 aliphatic rings. The standard InChI is InChI=1S/C11H8N2S/c1-7-10-8-4-2-3-5-9(8)14-11(10)13-6-12-7/h2-6H,1H3. The van der Waals surface area contributed by atoms with E-state index in [-0.39, 0.29) is 0 Å². The van der Waals surface area contributed by atoms with E-state index in [0.717, 1.165) is 10.5 Å². The normalized spacial score (nSPS) is 11.2. The summed E-state index contributed by atoms with van der Waals surface area (Å²) in [6.45, 7) is 2.03. The number of aryl methyl sites for hydroxylation is 1. The molecule has 0 radical (unpaired) electrons. The zero-order valence-corrected chi connectivity index (χ0v) is 8.51. The maximum absolute atomic E-state index is 4.29. The van der Waals surface area contributed by atoms with Gasteiger partial charge in [-0.3, -0.25) is 0 Å². The van der Waals surface area contributed by atoms with Gasteiger partial charge < -0.3 is 0 Å². The molecular formula is C11H8N2S. The van der Waals surface area contributed by atoms with Gasteiger partial charge in [-0.15, -0.1) is 11.3 Å². The summed E-state index contributed by atoms with van der Waals surface area (Å²) in [5.41, 5.74) is 1.06. The van der Waals surface area contributed by atoms with Crippen molar-refractivity contribution in [1.82, 2.24) is 9.97 Å². The molecule has 3 aromatic rings. The fourth-order valence-corrected chi connectivity index (χ4v) is 2.80. The van der Waals surface area contributed by atoms with Crippen LogP contribution in [0.5, 0.6) is 0 Å². The molecule has 0 saturated heterocycles. The summed E-state index contributed by atoms with van der Waals surface area (Å²) in [4.78, 5) is 9.59. The summed E-state index contributed by atoms with van der Waals surface area (Å²) in [5.74, 6) is 0. The zero-order chi connectivity index (χ0) is 9.54. The minimum atomic E-state index is 1.06. The molecule has 2 heterocycles. The molecule has 0 fully saturated rings. The lowest BCUT2D eigenvalue weighted by atomic mass is 10.2. The number of benzene rings is 1. The Hall–Kier alpha value is -1.48. The van der Waals surface area contributed by atoms with E-state index < -0.39 is 0 Å². The Balaban J connectivity index is 2.65. The number of fused-ring (bicyclic) bond motifs is 3. The van der Waals surface area contributed by atoms with Crippen LogP contribution in [0.4, 0.5) is 0 Å². The Kier molecular flexibility index (Phi) is 1.55. The van der Waals surface area contributed by atoms with Crippen molar-refractivity contribution in [2.75, 3.05) is 0 Å². The van der Waals surface area contributed by atoms with Crippen LogP contribution in [-0.2, 0) is 0 Å². The Morgan fingerprint density at radius 3 is 2.93 bits per heavy atom. The van der Waals surface area contributed by atoms with Crippen LogP contribution in [0.2, 0.25) is 0 Å². The summed E-state index contributed by atoms with van der Waals surface area (Å²) in [6.07, 6.45) is 1.63. The Morgan fingerprint density at radius 1 is 1.14 bits per heavy atom. The lowest BCUT2D eigenvalue weighted by Crippen LogP contribution is -1.82. The van der Waals surface area contributed by atoms with E-state index in [1.54, 1.807) is 17.7 Å². The fraction of sp³-hybridized carbons (Fsp3) is 0.0909. The highest BCUT2D eigenvalue weighted by molar-refractivity contribution is 7.25. The van der Waals surface area contributed by atoms with Crippen LogP contribution in [0.15, 0.2) is 30.6 Å². The third kappa shape index (κ3) is 0.960. The zero-order valence-electron chi connectivity index (χ0n) is 7.69. The van der Waals surface area contributed by atoms with Crippen molar-refractivity contribution in [1.29, 1.82) is 0 Å². The highest BCUT2D eigenvalue weighted by Gasteiger charge is 2.07. The van der Waals surface area contributed by atoms with Gasteiger partial charge in [-0.05, 0) is 13.0 Å². The summed E-state index contributed by atoms with van der Waals surface area (Å²) < 4.78 is 1.28. The molecule has 0 unspecified atom stereocenters. The van der Waals surface area contributed by atoms with Gasteiger partial charge in [-0.2, -0.15) is 0 Å². The lowest BCUT2D eigenvalue weighted by Gasteiger charge is -1.93. The smallest absolute Gasteiger partial charge is 0.128 e. The molecule has 0 N–H and O–H groups in total. The molecule has 0 saturated carbocycles. The van der Waals surface area contributed by atoms with E-state index in [9.17, 15) is 0 Å². The molecule has 0 bridgehead atoms. The molecule has 3 rings (SSSR count). The third-order valence-corrected chi connectivity index (χ3v) is 3.44. The number of aromatic nitrogens is 2. The second kappa shape index (κ2) is 2.75. The summed E-state index contributed by atoms with van der Waals surface area (Å²) >= 11 is 1.72. The van der Waals surface area contributed by atoms with Gasteiger partial charge in [0.05, 0.1) is 0 Å². The Morgan fingerprint density at radius 2 is 2.00 bits per heavy atom. The molecule has 14 heavy (non-hydrogen) atoms. The van der Waals surface area contributed by atoms with E-state index in [0.29, 0.717) is 0 Å². The van der Waals surface area contributed by atoms with E-state index >= 15 is 0 Å². The second-order valence-corrected chi connectivity index (χ2v) is 4.27. The summed E-state index contributed by atoms with van der Waals surface area (Å²) in [7, 11) is 0. The molecule has 68 valence electrons. The first kappa shape index (κ1) is 7.88. The van der Waals surface area contributed by atoms with Crippen LogP contribution in [0.3, 0.4) is 0 Å². The van der Waals surface area contributed by atoms with Crippen molar-refractivity contribution < 1.29 is 0 Å². The quantitative estimate of drug-likeness (QED) is 0.557. The number of hydrogen-bond acceptors (Lipinski definition) is 3. The first-order valence-electron chi connectivity index (χ1n) is 4.45. The van der Waals surface area contributed by atoms with E-state index in [2.05, 4.69) is 34.2 Å². The van der Waals surface area contributed by atoms with Crippen LogP contribution in [0.25, 0.3) is 20.3 Å². The van der Waals surface area contributed by atoms with Crippen molar-refractivity contribution in [3.05, 3.63) is 36.3 Å². The van der Waals surface area contributed by atoms with Crippen molar-refractivity contribution in [2.45, 2.75) is 6.92 Å². The second-order valence-electron chi connectivity index (χ2n) is 3.24. The topological polar surface area (TPSA) is 25.8 Å². The molecule has 2 nitrogen and oxygen atoms in total. The van der Waals surface area contributed by atoms with Crippen molar-refractivity contribution in [2.24, 2.45) is 0 Å². The van der Waals surface area contributed by atoms with Gasteiger partial charge in [0, 0.05) is 21.2 Å². The molecular weight excluding hydrogens is 192 g/mol. The minimum Gasteiger partial charge on any atom is -0.241 e. The number of thiophene rings is 1. The van der Waals surface area contributed by atoms with Crippen LogP contribution >= 0.6 is 11.3 Å². The first-order chi connectivity index (χ1) is 6.86. The Labute approximate surface area is 85.2 Å². The van der Waals surface area contributed by atoms with Crippen LogP contribution < -0.4 is 0 Å². The molecule has 0 aliphatic carbocycles. The highest BCUT2D eigenvalue weighted by Crippen LogP contribution is 2.32. The van der Waals surface area contributed by atoms with Crippen LogP contribution in [-0.4, -0.2) is 9.97 Å². The van der Waals surface area contributed by atoms with Gasteiger partial charge in [0.1, 0.15) is 11.2 Å².